The van der Waals surface area contributed by atoms with E-state index in [-0.39, 0.29) is 0 Å². The van der Waals surface area contributed by atoms with Gasteiger partial charge in [-0.15, -0.1) is 0 Å². The highest BCUT2D eigenvalue weighted by Crippen LogP contribution is 2.27. The molecule has 1 heterocycles. The third kappa shape index (κ3) is 4.82. The third-order valence-electron chi connectivity index (χ3n) is 2.62. The summed E-state index contributed by atoms with van der Waals surface area (Å²) in [5, 5.41) is 3.30. The average molecular weight is 316 g/mol. The number of aromatic nitrogens is 1. The number of nitrogens with one attached hydrogen (secondary N) is 1. The molecule has 0 aliphatic heterocycles. The fourth-order valence-electron chi connectivity index (χ4n) is 1.47. The zero-order valence-electron chi connectivity index (χ0n) is 11.3. The lowest BCUT2D eigenvalue weighted by atomic mass is 10.2. The standard InChI is InChI=1S/C13H22BrN3O/c1-9(2)18-7-5-4-6-16-13-12(14)10(3)11(15)8-17-13/h8-9H,4-7,15H2,1-3H3,(H,16,17). The molecule has 0 fully saturated rings. The Morgan fingerprint density at radius 3 is 2.83 bits per heavy atom. The molecule has 3 N–H and O–H groups in total. The molecule has 4 nitrogen and oxygen atoms in total. The van der Waals surface area contributed by atoms with Crippen LogP contribution >= 0.6 is 15.9 Å². The Morgan fingerprint density at radius 2 is 2.17 bits per heavy atom. The van der Waals surface area contributed by atoms with E-state index in [1.165, 1.54) is 0 Å². The molecule has 0 spiro atoms. The first-order chi connectivity index (χ1) is 8.52. The molecule has 1 aromatic rings. The number of hydrogen-bond donors (Lipinski definition) is 2. The quantitative estimate of drug-likeness (QED) is 0.757. The molecule has 5 heteroatoms. The molecule has 18 heavy (non-hydrogen) atoms. The number of nitrogens with two attached hydrogens (primary N) is 1. The minimum Gasteiger partial charge on any atom is -0.397 e. The maximum atomic E-state index is 5.78. The lowest BCUT2D eigenvalue weighted by Crippen LogP contribution is -2.08. The topological polar surface area (TPSA) is 60.2 Å². The van der Waals surface area contributed by atoms with Gasteiger partial charge in [0, 0.05) is 13.2 Å². The van der Waals surface area contributed by atoms with E-state index in [0.29, 0.717) is 11.8 Å². The normalized spacial score (nSPS) is 10.9. The number of rotatable bonds is 7. The van der Waals surface area contributed by atoms with Crippen molar-refractivity contribution < 1.29 is 4.74 Å². The summed E-state index contributed by atoms with van der Waals surface area (Å²) < 4.78 is 6.43. The number of pyridine rings is 1. The smallest absolute Gasteiger partial charge is 0.140 e. The van der Waals surface area contributed by atoms with Gasteiger partial charge in [-0.3, -0.25) is 0 Å². The molecule has 0 radical (unpaired) electrons. The zero-order valence-corrected chi connectivity index (χ0v) is 12.9. The number of anilines is 2. The van der Waals surface area contributed by atoms with Gasteiger partial charge in [-0.25, -0.2) is 4.98 Å². The van der Waals surface area contributed by atoms with E-state index in [1.807, 2.05) is 6.92 Å². The van der Waals surface area contributed by atoms with E-state index in [4.69, 9.17) is 10.5 Å². The molecule has 0 aromatic carbocycles. The SMILES string of the molecule is Cc1c(N)cnc(NCCCCOC(C)C)c1Br. The van der Waals surface area contributed by atoms with Crippen LogP contribution in [0.2, 0.25) is 0 Å². The van der Waals surface area contributed by atoms with E-state index < -0.39 is 0 Å². The Labute approximate surface area is 117 Å². The molecule has 1 rings (SSSR count). The zero-order chi connectivity index (χ0) is 13.5. The van der Waals surface area contributed by atoms with Crippen LogP contribution in [-0.4, -0.2) is 24.2 Å². The van der Waals surface area contributed by atoms with Crippen molar-refractivity contribution in [2.75, 3.05) is 24.2 Å². The van der Waals surface area contributed by atoms with Gasteiger partial charge < -0.3 is 15.8 Å². The molecule has 0 aliphatic rings. The van der Waals surface area contributed by atoms with Gasteiger partial charge in [0.05, 0.1) is 22.5 Å². The lowest BCUT2D eigenvalue weighted by molar-refractivity contribution is 0.0765. The Balaban J connectivity index is 2.30. The molecule has 0 amide bonds. The first-order valence-electron chi connectivity index (χ1n) is 6.28. The number of nitrogens with zero attached hydrogens (tertiary/aromatic N) is 1. The Hall–Kier alpha value is -0.810. The fourth-order valence-corrected chi connectivity index (χ4v) is 1.94. The van der Waals surface area contributed by atoms with Gasteiger partial charge in [0.1, 0.15) is 5.82 Å². The summed E-state index contributed by atoms with van der Waals surface area (Å²) in [6.45, 7) is 7.78. The Bertz CT molecular complexity index is 383. The van der Waals surface area contributed by atoms with Crippen molar-refractivity contribution in [1.29, 1.82) is 0 Å². The van der Waals surface area contributed by atoms with Crippen molar-refractivity contribution in [2.24, 2.45) is 0 Å². The van der Waals surface area contributed by atoms with Crippen LogP contribution in [0.25, 0.3) is 0 Å². The molecule has 102 valence electrons. The van der Waals surface area contributed by atoms with Gasteiger partial charge in [0.15, 0.2) is 0 Å². The number of hydrogen-bond acceptors (Lipinski definition) is 4. The molecule has 0 unspecified atom stereocenters. The molecule has 0 saturated carbocycles. The number of ether oxygens (including phenoxy) is 1. The second-order valence-corrected chi connectivity index (χ2v) is 5.35. The van der Waals surface area contributed by atoms with Gasteiger partial charge >= 0.3 is 0 Å². The van der Waals surface area contributed by atoms with Gasteiger partial charge in [-0.2, -0.15) is 0 Å². The molecule has 0 aliphatic carbocycles. The van der Waals surface area contributed by atoms with Crippen molar-refractivity contribution in [2.45, 2.75) is 39.7 Å². The van der Waals surface area contributed by atoms with Crippen molar-refractivity contribution in [3.63, 3.8) is 0 Å². The summed E-state index contributed by atoms with van der Waals surface area (Å²) in [6.07, 6.45) is 4.11. The van der Waals surface area contributed by atoms with Crippen molar-refractivity contribution >= 4 is 27.4 Å². The number of nitrogen functional groups attached to an aromatic ring is 1. The Morgan fingerprint density at radius 1 is 1.44 bits per heavy atom. The lowest BCUT2D eigenvalue weighted by Gasteiger charge is -2.11. The van der Waals surface area contributed by atoms with Gasteiger partial charge in [0.25, 0.3) is 0 Å². The second kappa shape index (κ2) is 7.59. The Kier molecular flexibility index (Phi) is 6.43. The predicted molar refractivity (Wildman–Crippen MR) is 79.9 cm³/mol. The molecular weight excluding hydrogens is 294 g/mol. The minimum absolute atomic E-state index is 0.313. The van der Waals surface area contributed by atoms with Gasteiger partial charge in [-0.1, -0.05) is 0 Å². The summed E-state index contributed by atoms with van der Waals surface area (Å²) in [5.41, 5.74) is 7.51. The summed E-state index contributed by atoms with van der Waals surface area (Å²) in [5.74, 6) is 0.853. The van der Waals surface area contributed by atoms with Gasteiger partial charge in [-0.05, 0) is 55.1 Å². The summed E-state index contributed by atoms with van der Waals surface area (Å²) in [4.78, 5) is 4.27. The van der Waals surface area contributed by atoms with Crippen molar-refractivity contribution in [1.82, 2.24) is 4.98 Å². The minimum atomic E-state index is 0.313. The summed E-state index contributed by atoms with van der Waals surface area (Å²) >= 11 is 3.50. The van der Waals surface area contributed by atoms with E-state index in [0.717, 1.165) is 41.8 Å². The van der Waals surface area contributed by atoms with Crippen LogP contribution in [-0.2, 0) is 4.74 Å². The molecular formula is C13H22BrN3O. The maximum Gasteiger partial charge on any atom is 0.140 e. The van der Waals surface area contributed by atoms with Crippen molar-refractivity contribution in [3.8, 4) is 0 Å². The van der Waals surface area contributed by atoms with Crippen molar-refractivity contribution in [3.05, 3.63) is 16.2 Å². The van der Waals surface area contributed by atoms with Crippen LogP contribution in [0.3, 0.4) is 0 Å². The van der Waals surface area contributed by atoms with E-state index in [2.05, 4.69) is 40.1 Å². The third-order valence-corrected chi connectivity index (χ3v) is 3.59. The molecule has 0 atom stereocenters. The monoisotopic (exact) mass is 315 g/mol. The van der Waals surface area contributed by atoms with Crippen LogP contribution in [0.1, 0.15) is 32.3 Å². The van der Waals surface area contributed by atoms with Crippen LogP contribution in [0.5, 0.6) is 0 Å². The molecule has 1 aromatic heterocycles. The molecule has 0 bridgehead atoms. The van der Waals surface area contributed by atoms with Crippen LogP contribution in [0.15, 0.2) is 10.7 Å². The van der Waals surface area contributed by atoms with E-state index in [9.17, 15) is 0 Å². The highest BCUT2D eigenvalue weighted by Gasteiger charge is 2.06. The van der Waals surface area contributed by atoms with E-state index in [1.54, 1.807) is 6.20 Å². The molecule has 0 saturated heterocycles. The van der Waals surface area contributed by atoms with Crippen LogP contribution in [0, 0.1) is 6.92 Å². The van der Waals surface area contributed by atoms with E-state index >= 15 is 0 Å². The summed E-state index contributed by atoms with van der Waals surface area (Å²) in [7, 11) is 0. The van der Waals surface area contributed by atoms with Crippen LogP contribution in [0.4, 0.5) is 11.5 Å². The predicted octanol–water partition coefficient (Wildman–Crippen LogP) is 3.35. The van der Waals surface area contributed by atoms with Crippen LogP contribution < -0.4 is 11.1 Å². The van der Waals surface area contributed by atoms with Gasteiger partial charge in [0.2, 0.25) is 0 Å². The first-order valence-corrected chi connectivity index (χ1v) is 7.07. The highest BCUT2D eigenvalue weighted by molar-refractivity contribution is 9.10. The highest BCUT2D eigenvalue weighted by atomic mass is 79.9. The first kappa shape index (κ1) is 15.2. The number of halogens is 1. The number of unbranched alkanes of at least 4 members (excludes halogenated alkanes) is 1. The average Bonchev–Trinajstić information content (AvgIpc) is 2.33. The largest absolute Gasteiger partial charge is 0.397 e. The fraction of sp³-hybridized carbons (Fsp3) is 0.615. The summed E-state index contributed by atoms with van der Waals surface area (Å²) in [6, 6.07) is 0. The second-order valence-electron chi connectivity index (χ2n) is 4.55. The maximum absolute atomic E-state index is 5.78.